The summed E-state index contributed by atoms with van der Waals surface area (Å²) in [5.41, 5.74) is 1.16. The zero-order valence-corrected chi connectivity index (χ0v) is 12.6. The molecule has 0 aliphatic rings. The first kappa shape index (κ1) is 14.0. The van der Waals surface area contributed by atoms with Crippen molar-refractivity contribution in [2.45, 2.75) is 13.3 Å². The Kier molecular flexibility index (Phi) is 4.49. The standard InChI is InChI=1S/C12H12BrN3O2S/c1-7-6-19-10(16-7)2-3-14-11-9(12(17)18)4-8(13)5-15-11/h4-6H,2-3H2,1H3,(H,14,15)(H,17,18). The molecule has 2 heterocycles. The average Bonchev–Trinajstić information content (AvgIpc) is 2.77. The van der Waals surface area contributed by atoms with Gasteiger partial charge >= 0.3 is 5.97 Å². The molecule has 5 nitrogen and oxygen atoms in total. The Balaban J connectivity index is 2.01. The molecule has 7 heteroatoms. The number of hydrogen-bond acceptors (Lipinski definition) is 5. The fourth-order valence-electron chi connectivity index (χ4n) is 1.55. The number of anilines is 1. The zero-order chi connectivity index (χ0) is 13.8. The van der Waals surface area contributed by atoms with E-state index in [-0.39, 0.29) is 5.56 Å². The molecule has 0 aliphatic carbocycles. The van der Waals surface area contributed by atoms with Crippen LogP contribution in [0.1, 0.15) is 21.1 Å². The van der Waals surface area contributed by atoms with Crippen LogP contribution < -0.4 is 5.32 Å². The van der Waals surface area contributed by atoms with Crippen molar-refractivity contribution in [2.24, 2.45) is 0 Å². The third kappa shape index (κ3) is 3.74. The Bertz CT molecular complexity index is 600. The molecular weight excluding hydrogens is 330 g/mol. The topological polar surface area (TPSA) is 75.1 Å². The largest absolute Gasteiger partial charge is 0.478 e. The maximum Gasteiger partial charge on any atom is 0.339 e. The molecule has 0 saturated carbocycles. The molecule has 0 amide bonds. The maximum absolute atomic E-state index is 11.1. The Morgan fingerprint density at radius 3 is 3.00 bits per heavy atom. The minimum absolute atomic E-state index is 0.157. The summed E-state index contributed by atoms with van der Waals surface area (Å²) in [6.45, 7) is 2.55. The van der Waals surface area contributed by atoms with E-state index in [1.807, 2.05) is 12.3 Å². The van der Waals surface area contributed by atoms with Gasteiger partial charge in [0.2, 0.25) is 0 Å². The Morgan fingerprint density at radius 2 is 2.37 bits per heavy atom. The van der Waals surface area contributed by atoms with Crippen molar-refractivity contribution in [3.8, 4) is 0 Å². The molecule has 0 spiro atoms. The highest BCUT2D eigenvalue weighted by molar-refractivity contribution is 9.10. The van der Waals surface area contributed by atoms with Crippen molar-refractivity contribution in [2.75, 3.05) is 11.9 Å². The van der Waals surface area contributed by atoms with Crippen LogP contribution in [0.2, 0.25) is 0 Å². The van der Waals surface area contributed by atoms with E-state index in [1.165, 1.54) is 6.07 Å². The maximum atomic E-state index is 11.1. The van der Waals surface area contributed by atoms with Crippen molar-refractivity contribution in [3.05, 3.63) is 38.4 Å². The summed E-state index contributed by atoms with van der Waals surface area (Å²) < 4.78 is 0.644. The lowest BCUT2D eigenvalue weighted by Crippen LogP contribution is -2.11. The van der Waals surface area contributed by atoms with Crippen LogP contribution in [0.3, 0.4) is 0 Å². The van der Waals surface area contributed by atoms with E-state index in [1.54, 1.807) is 17.5 Å². The van der Waals surface area contributed by atoms with E-state index in [2.05, 4.69) is 31.2 Å². The zero-order valence-electron chi connectivity index (χ0n) is 10.2. The van der Waals surface area contributed by atoms with Gasteiger partial charge in [-0.25, -0.2) is 14.8 Å². The van der Waals surface area contributed by atoms with E-state index in [4.69, 9.17) is 5.11 Å². The number of aromatic carboxylic acids is 1. The third-order valence-corrected chi connectivity index (χ3v) is 3.84. The number of halogens is 1. The second-order valence-electron chi connectivity index (χ2n) is 3.91. The predicted octanol–water partition coefficient (Wildman–Crippen LogP) is 2.96. The molecule has 0 aliphatic heterocycles. The average molecular weight is 342 g/mol. The highest BCUT2D eigenvalue weighted by Gasteiger charge is 2.11. The fraction of sp³-hybridized carbons (Fsp3) is 0.250. The van der Waals surface area contributed by atoms with Crippen LogP contribution in [0.4, 0.5) is 5.82 Å². The number of aryl methyl sites for hydroxylation is 1. The lowest BCUT2D eigenvalue weighted by atomic mass is 10.2. The Hall–Kier alpha value is -1.47. The lowest BCUT2D eigenvalue weighted by molar-refractivity contribution is 0.0697. The molecule has 0 fully saturated rings. The molecular formula is C12H12BrN3O2S. The number of hydrogen-bond donors (Lipinski definition) is 2. The number of nitrogens with one attached hydrogen (secondary N) is 1. The lowest BCUT2D eigenvalue weighted by Gasteiger charge is -2.07. The van der Waals surface area contributed by atoms with Gasteiger partial charge in [-0.2, -0.15) is 0 Å². The highest BCUT2D eigenvalue weighted by Crippen LogP contribution is 2.18. The minimum Gasteiger partial charge on any atom is -0.478 e. The number of thiazole rings is 1. The van der Waals surface area contributed by atoms with E-state index in [9.17, 15) is 4.79 Å². The summed E-state index contributed by atoms with van der Waals surface area (Å²) in [4.78, 5) is 19.5. The van der Waals surface area contributed by atoms with E-state index in [0.29, 0.717) is 16.8 Å². The summed E-state index contributed by atoms with van der Waals surface area (Å²) in [6, 6.07) is 1.53. The van der Waals surface area contributed by atoms with Crippen LogP contribution in [-0.4, -0.2) is 27.6 Å². The summed E-state index contributed by atoms with van der Waals surface area (Å²) >= 11 is 4.81. The van der Waals surface area contributed by atoms with Gasteiger partial charge in [0.25, 0.3) is 0 Å². The highest BCUT2D eigenvalue weighted by atomic mass is 79.9. The van der Waals surface area contributed by atoms with Crippen LogP contribution >= 0.6 is 27.3 Å². The third-order valence-electron chi connectivity index (χ3n) is 2.38. The van der Waals surface area contributed by atoms with Crippen LogP contribution in [0, 0.1) is 6.92 Å². The van der Waals surface area contributed by atoms with Gasteiger partial charge in [0, 0.05) is 34.7 Å². The summed E-state index contributed by atoms with van der Waals surface area (Å²) in [7, 11) is 0. The molecule has 0 radical (unpaired) electrons. The molecule has 2 rings (SSSR count). The minimum atomic E-state index is -0.999. The Labute approximate surface area is 122 Å². The number of pyridine rings is 1. The monoisotopic (exact) mass is 341 g/mol. The van der Waals surface area contributed by atoms with Crippen molar-refractivity contribution < 1.29 is 9.90 Å². The molecule has 0 atom stereocenters. The molecule has 0 saturated heterocycles. The second kappa shape index (κ2) is 6.12. The number of aromatic nitrogens is 2. The molecule has 0 aromatic carbocycles. The first-order valence-corrected chi connectivity index (χ1v) is 7.27. The van der Waals surface area contributed by atoms with Crippen LogP contribution in [0.15, 0.2) is 22.1 Å². The number of nitrogens with zero attached hydrogens (tertiary/aromatic N) is 2. The van der Waals surface area contributed by atoms with Gasteiger partial charge in [-0.15, -0.1) is 11.3 Å². The van der Waals surface area contributed by atoms with Crippen LogP contribution in [0.5, 0.6) is 0 Å². The van der Waals surface area contributed by atoms with E-state index < -0.39 is 5.97 Å². The summed E-state index contributed by atoms with van der Waals surface area (Å²) in [5, 5.41) is 15.2. The molecule has 2 N–H and O–H groups in total. The van der Waals surface area contributed by atoms with Crippen molar-refractivity contribution >= 4 is 39.1 Å². The number of rotatable bonds is 5. The molecule has 2 aromatic heterocycles. The molecule has 0 bridgehead atoms. The first-order valence-electron chi connectivity index (χ1n) is 5.60. The molecule has 19 heavy (non-hydrogen) atoms. The number of carbonyl (C=O) groups is 1. The van der Waals surface area contributed by atoms with Gasteiger partial charge in [-0.1, -0.05) is 0 Å². The van der Waals surface area contributed by atoms with Gasteiger partial charge in [0.05, 0.1) is 5.01 Å². The number of carboxylic acid groups (broad SMARTS) is 1. The smallest absolute Gasteiger partial charge is 0.339 e. The van der Waals surface area contributed by atoms with Crippen LogP contribution in [-0.2, 0) is 6.42 Å². The van der Waals surface area contributed by atoms with Gasteiger partial charge in [-0.05, 0) is 28.9 Å². The quantitative estimate of drug-likeness (QED) is 0.874. The second-order valence-corrected chi connectivity index (χ2v) is 5.77. The fourth-order valence-corrected chi connectivity index (χ4v) is 2.66. The van der Waals surface area contributed by atoms with Crippen molar-refractivity contribution in [1.82, 2.24) is 9.97 Å². The van der Waals surface area contributed by atoms with Gasteiger partial charge in [0.15, 0.2) is 0 Å². The van der Waals surface area contributed by atoms with Crippen molar-refractivity contribution in [1.29, 1.82) is 0 Å². The molecule has 0 unspecified atom stereocenters. The van der Waals surface area contributed by atoms with Gasteiger partial charge < -0.3 is 10.4 Å². The Morgan fingerprint density at radius 1 is 1.58 bits per heavy atom. The van der Waals surface area contributed by atoms with E-state index >= 15 is 0 Å². The SMILES string of the molecule is Cc1csc(CCNc2ncc(Br)cc2C(=O)O)n1. The summed E-state index contributed by atoms with van der Waals surface area (Å²) in [5.74, 6) is -0.620. The van der Waals surface area contributed by atoms with Gasteiger partial charge in [0.1, 0.15) is 11.4 Å². The first-order chi connectivity index (χ1) is 9.06. The summed E-state index contributed by atoms with van der Waals surface area (Å²) in [6.07, 6.45) is 2.32. The predicted molar refractivity (Wildman–Crippen MR) is 77.9 cm³/mol. The normalized spacial score (nSPS) is 10.4. The number of carboxylic acids is 1. The molecule has 2 aromatic rings. The van der Waals surface area contributed by atoms with E-state index in [0.717, 1.165) is 17.1 Å². The van der Waals surface area contributed by atoms with Gasteiger partial charge in [-0.3, -0.25) is 0 Å². The van der Waals surface area contributed by atoms with Crippen LogP contribution in [0.25, 0.3) is 0 Å². The molecule has 100 valence electrons. The van der Waals surface area contributed by atoms with Crippen molar-refractivity contribution in [3.63, 3.8) is 0 Å².